The second-order valence-electron chi connectivity index (χ2n) is 10.6. The molecule has 0 saturated heterocycles. The van der Waals surface area contributed by atoms with E-state index in [0.29, 0.717) is 32.1 Å². The molecular weight excluding hydrogens is 612 g/mol. The van der Waals surface area contributed by atoms with Gasteiger partial charge >= 0.3 is 11.4 Å². The third-order valence-corrected chi connectivity index (χ3v) is 8.30. The maximum absolute atomic E-state index is 12.6. The zero-order valence-electron chi connectivity index (χ0n) is 24.4. The Morgan fingerprint density at radius 1 is 0.682 bits per heavy atom. The number of hydrogen-bond acceptors (Lipinski definition) is 9. The van der Waals surface area contributed by atoms with Crippen LogP contribution in [0.4, 0.5) is 0 Å². The van der Waals surface area contributed by atoms with Gasteiger partial charge in [0.05, 0.1) is 21.8 Å². The number of aromatic nitrogens is 5. The van der Waals surface area contributed by atoms with Crippen LogP contribution in [-0.4, -0.2) is 53.0 Å². The van der Waals surface area contributed by atoms with Gasteiger partial charge in [-0.25, -0.2) is 35.6 Å². The average Bonchev–Trinajstić information content (AvgIpc) is 3.42. The van der Waals surface area contributed by atoms with Crippen molar-refractivity contribution in [2.24, 2.45) is 5.73 Å². The van der Waals surface area contributed by atoms with Crippen LogP contribution in [0.25, 0.3) is 21.8 Å². The molecule has 5 aromatic rings. The van der Waals surface area contributed by atoms with E-state index in [1.807, 2.05) is 42.9 Å². The van der Waals surface area contributed by atoms with E-state index in [9.17, 15) is 36.0 Å². The summed E-state index contributed by atoms with van der Waals surface area (Å²) in [5.74, 6) is -1.29. The Kier molecular flexibility index (Phi) is 8.99. The maximum atomic E-state index is 12.6. The highest BCUT2D eigenvalue weighted by Crippen LogP contribution is 2.17. The number of H-pyrrole nitrogens is 2. The smallest absolute Gasteiger partial charge is 0.329 e. The zero-order valence-corrected chi connectivity index (χ0v) is 26.1. The number of aromatic amines is 2. The summed E-state index contributed by atoms with van der Waals surface area (Å²) in [6.07, 6.45) is 5.77. The zero-order chi connectivity index (χ0) is 32.6. The van der Waals surface area contributed by atoms with Gasteiger partial charge in [0, 0.05) is 38.0 Å². The highest BCUT2D eigenvalue weighted by atomic mass is 32.2. The minimum Gasteiger partial charge on any atom is -0.350 e. The quantitative estimate of drug-likeness (QED) is 0.222. The third-order valence-electron chi connectivity index (χ3n) is 6.84. The molecule has 4 N–H and O–H groups in total. The van der Waals surface area contributed by atoms with Crippen LogP contribution in [-0.2, 0) is 44.5 Å². The summed E-state index contributed by atoms with van der Waals surface area (Å²) in [4.78, 5) is 53.7. The van der Waals surface area contributed by atoms with E-state index in [1.54, 1.807) is 24.3 Å². The van der Waals surface area contributed by atoms with E-state index in [-0.39, 0.29) is 11.9 Å². The molecule has 3 aromatic heterocycles. The molecule has 3 heterocycles. The molecule has 0 aliphatic carbocycles. The van der Waals surface area contributed by atoms with E-state index < -0.39 is 53.9 Å². The Balaban J connectivity index is 0.000000204. The topological polar surface area (TPSA) is 209 Å². The van der Waals surface area contributed by atoms with Crippen molar-refractivity contribution >= 4 is 41.5 Å². The van der Waals surface area contributed by atoms with Gasteiger partial charge in [0.15, 0.2) is 19.7 Å². The number of hydrogen-bond donors (Lipinski definition) is 3. The number of aryl methyl sites for hydroxylation is 2. The fraction of sp³-hybridized carbons (Fsp3) is 0.286. The summed E-state index contributed by atoms with van der Waals surface area (Å²) >= 11 is 0. The molecule has 44 heavy (non-hydrogen) atoms. The summed E-state index contributed by atoms with van der Waals surface area (Å²) in [5, 5.41) is 0.547. The minimum atomic E-state index is -3.51. The lowest BCUT2D eigenvalue weighted by atomic mass is 10.1. The molecule has 16 heteroatoms. The molecule has 0 amide bonds. The van der Waals surface area contributed by atoms with Crippen molar-refractivity contribution in [1.82, 2.24) is 23.7 Å². The molecular formula is C28H32N6O8S2. The number of nitrogens with zero attached hydrogens (tertiary/aromatic N) is 3. The molecule has 0 aliphatic heterocycles. The first-order chi connectivity index (χ1) is 20.5. The van der Waals surface area contributed by atoms with Gasteiger partial charge in [0.2, 0.25) is 0 Å². The summed E-state index contributed by atoms with van der Waals surface area (Å²) in [7, 11) is -7.01. The van der Waals surface area contributed by atoms with Crippen LogP contribution in [0.2, 0.25) is 0 Å². The SMILES string of the molecule is Cc1cc2[nH]c(=O)n(CS(C)(=O)=O)c(=O)c2cc1CN.Cc1cc2[nH]c(=O)n(CS(C)(=O)=O)c(=O)c2cc1Cn1cccc1. The highest BCUT2D eigenvalue weighted by molar-refractivity contribution is 7.89. The Morgan fingerprint density at radius 3 is 1.50 bits per heavy atom. The Bertz CT molecular complexity index is 2350. The molecule has 5 rings (SSSR count). The predicted molar refractivity (Wildman–Crippen MR) is 168 cm³/mol. The van der Waals surface area contributed by atoms with E-state index in [1.165, 1.54) is 0 Å². The van der Waals surface area contributed by atoms with Crippen molar-refractivity contribution in [1.29, 1.82) is 0 Å². The van der Waals surface area contributed by atoms with Crippen LogP contribution in [0.1, 0.15) is 22.3 Å². The lowest BCUT2D eigenvalue weighted by Gasteiger charge is -2.10. The monoisotopic (exact) mass is 644 g/mol. The highest BCUT2D eigenvalue weighted by Gasteiger charge is 2.15. The predicted octanol–water partition coefficient (Wildman–Crippen LogP) is 0.309. The van der Waals surface area contributed by atoms with Crippen molar-refractivity contribution in [2.75, 3.05) is 12.5 Å². The molecule has 0 atom stereocenters. The second kappa shape index (κ2) is 12.2. The average molecular weight is 645 g/mol. The Morgan fingerprint density at radius 2 is 1.09 bits per heavy atom. The van der Waals surface area contributed by atoms with E-state index in [0.717, 1.165) is 34.8 Å². The lowest BCUT2D eigenvalue weighted by Crippen LogP contribution is -2.37. The first-order valence-electron chi connectivity index (χ1n) is 13.2. The summed E-state index contributed by atoms with van der Waals surface area (Å²) < 4.78 is 48.8. The number of nitrogens with two attached hydrogens (primary N) is 1. The van der Waals surface area contributed by atoms with Crippen LogP contribution in [0.3, 0.4) is 0 Å². The van der Waals surface area contributed by atoms with Gasteiger partial charge in [0.25, 0.3) is 11.1 Å². The van der Waals surface area contributed by atoms with E-state index in [4.69, 9.17) is 5.73 Å². The standard InChI is InChI=1S/C16H17N3O4S.C12H15N3O4S/c1-11-7-14-13(8-12(11)9-18-5-3-4-6-18)15(20)19(16(21)17-14)10-24(2,22)23;1-7-3-10-9(4-8(7)5-13)11(16)15(12(17)14-10)6-20(2,18)19/h3-8H,9-10H2,1-2H3,(H,17,21);3-4H,5-6,13H2,1-2H3,(H,14,17). The van der Waals surface area contributed by atoms with Crippen LogP contribution in [0.15, 0.2) is 68.0 Å². The molecule has 2 aromatic carbocycles. The molecule has 0 radical (unpaired) electrons. The molecule has 0 bridgehead atoms. The van der Waals surface area contributed by atoms with Crippen molar-refractivity contribution in [2.45, 2.75) is 38.7 Å². The first-order valence-corrected chi connectivity index (χ1v) is 17.3. The molecule has 14 nitrogen and oxygen atoms in total. The summed E-state index contributed by atoms with van der Waals surface area (Å²) in [6.45, 7) is 4.56. The van der Waals surface area contributed by atoms with Crippen LogP contribution in [0, 0.1) is 13.8 Å². The molecule has 0 unspecified atom stereocenters. The van der Waals surface area contributed by atoms with Crippen LogP contribution >= 0.6 is 0 Å². The van der Waals surface area contributed by atoms with Crippen LogP contribution < -0.4 is 28.2 Å². The number of benzene rings is 2. The fourth-order valence-corrected chi connectivity index (χ4v) is 6.08. The lowest BCUT2D eigenvalue weighted by molar-refractivity contribution is 0.583. The first kappa shape index (κ1) is 32.4. The van der Waals surface area contributed by atoms with Gasteiger partial charge in [-0.1, -0.05) is 0 Å². The molecule has 0 fully saturated rings. The normalized spacial score (nSPS) is 11.9. The Hall–Kier alpha value is -4.54. The third kappa shape index (κ3) is 7.32. The van der Waals surface area contributed by atoms with Gasteiger partial charge in [-0.15, -0.1) is 0 Å². The Labute approximate surface area is 251 Å². The van der Waals surface area contributed by atoms with Crippen LogP contribution in [0.5, 0.6) is 0 Å². The fourth-order valence-electron chi connectivity index (χ4n) is 4.67. The molecule has 234 valence electrons. The largest absolute Gasteiger partial charge is 0.350 e. The van der Waals surface area contributed by atoms with Gasteiger partial charge in [-0.05, 0) is 72.5 Å². The number of fused-ring (bicyclic) bond motifs is 2. The molecule has 0 aliphatic rings. The summed E-state index contributed by atoms with van der Waals surface area (Å²) in [5.41, 5.74) is 7.15. The molecule has 0 saturated carbocycles. The van der Waals surface area contributed by atoms with E-state index >= 15 is 0 Å². The van der Waals surface area contributed by atoms with Gasteiger partial charge in [-0.2, -0.15) is 0 Å². The minimum absolute atomic E-state index is 0.249. The number of sulfone groups is 2. The van der Waals surface area contributed by atoms with Gasteiger partial charge in [-0.3, -0.25) is 9.59 Å². The van der Waals surface area contributed by atoms with Gasteiger partial charge < -0.3 is 20.3 Å². The summed E-state index contributed by atoms with van der Waals surface area (Å²) in [6, 6.07) is 10.5. The molecule has 0 spiro atoms. The van der Waals surface area contributed by atoms with Crippen molar-refractivity contribution < 1.29 is 16.8 Å². The van der Waals surface area contributed by atoms with E-state index in [2.05, 4.69) is 9.97 Å². The van der Waals surface area contributed by atoms with Gasteiger partial charge in [0.1, 0.15) is 11.8 Å². The number of rotatable bonds is 7. The maximum Gasteiger partial charge on any atom is 0.329 e. The second-order valence-corrected chi connectivity index (χ2v) is 14.9. The number of nitrogens with one attached hydrogen (secondary N) is 2. The van der Waals surface area contributed by atoms with Crippen molar-refractivity contribution in [3.05, 3.63) is 113 Å². The van der Waals surface area contributed by atoms with Crippen molar-refractivity contribution in [3.8, 4) is 0 Å². The van der Waals surface area contributed by atoms with Crippen molar-refractivity contribution in [3.63, 3.8) is 0 Å².